The van der Waals surface area contributed by atoms with Gasteiger partial charge in [0, 0.05) is 31.4 Å². The maximum atomic E-state index is 9.60. The van der Waals surface area contributed by atoms with Crippen LogP contribution in [-0.2, 0) is 4.74 Å². The number of nitrogens with one attached hydrogen (secondary N) is 1. The number of piperidine rings is 1. The number of nitrogens with zero attached hydrogens (tertiary/aromatic N) is 1. The Kier molecular flexibility index (Phi) is 7.34. The number of benzene rings is 1. The summed E-state index contributed by atoms with van der Waals surface area (Å²) in [5.41, 5.74) is 2.58. The Morgan fingerprint density at radius 2 is 1.83 bits per heavy atom. The van der Waals surface area contributed by atoms with E-state index in [2.05, 4.69) is 55.3 Å². The lowest BCUT2D eigenvalue weighted by Gasteiger charge is -2.31. The van der Waals surface area contributed by atoms with Crippen LogP contribution >= 0.6 is 0 Å². The second-order valence-corrected chi connectivity index (χ2v) is 6.76. The van der Waals surface area contributed by atoms with E-state index >= 15 is 0 Å². The summed E-state index contributed by atoms with van der Waals surface area (Å²) < 4.78 is 5.56. The van der Waals surface area contributed by atoms with E-state index in [0.29, 0.717) is 12.1 Å². The zero-order valence-corrected chi connectivity index (χ0v) is 14.8. The predicted octanol–water partition coefficient (Wildman–Crippen LogP) is 3.11. The maximum Gasteiger partial charge on any atom is 0.0574 e. The smallest absolute Gasteiger partial charge is 0.0574 e. The molecule has 0 radical (unpaired) electrons. The van der Waals surface area contributed by atoms with Gasteiger partial charge in [0.1, 0.15) is 0 Å². The van der Waals surface area contributed by atoms with E-state index < -0.39 is 0 Å². The van der Waals surface area contributed by atoms with Crippen LogP contribution in [0.25, 0.3) is 0 Å². The van der Waals surface area contributed by atoms with E-state index in [1.165, 1.54) is 11.3 Å². The molecule has 4 heteroatoms. The molecule has 0 aromatic heterocycles. The Balaban J connectivity index is 1.75. The molecule has 0 aliphatic carbocycles. The van der Waals surface area contributed by atoms with Crippen LogP contribution < -0.4 is 10.2 Å². The van der Waals surface area contributed by atoms with Crippen LogP contribution in [0.15, 0.2) is 24.3 Å². The molecule has 0 spiro atoms. The molecule has 23 heavy (non-hydrogen) atoms. The highest BCUT2D eigenvalue weighted by molar-refractivity contribution is 5.48. The van der Waals surface area contributed by atoms with Crippen molar-refractivity contribution in [1.82, 2.24) is 5.32 Å². The van der Waals surface area contributed by atoms with Crippen LogP contribution in [0.1, 0.15) is 51.6 Å². The van der Waals surface area contributed by atoms with E-state index in [9.17, 15) is 5.11 Å². The molecule has 1 fully saturated rings. The SMILES string of the molecule is CC(C)OCCCNC(C)c1ccc(N2CCC(O)CC2)cc1. The van der Waals surface area contributed by atoms with Crippen molar-refractivity contribution in [3.63, 3.8) is 0 Å². The van der Waals surface area contributed by atoms with E-state index in [1.807, 2.05) is 0 Å². The fourth-order valence-corrected chi connectivity index (χ4v) is 2.93. The van der Waals surface area contributed by atoms with Crippen molar-refractivity contribution in [2.24, 2.45) is 0 Å². The van der Waals surface area contributed by atoms with Gasteiger partial charge in [-0.2, -0.15) is 0 Å². The Bertz CT molecular complexity index is 439. The fraction of sp³-hybridized carbons (Fsp3) is 0.684. The van der Waals surface area contributed by atoms with Crippen molar-refractivity contribution in [3.05, 3.63) is 29.8 Å². The molecular formula is C19H32N2O2. The van der Waals surface area contributed by atoms with Crippen molar-refractivity contribution in [3.8, 4) is 0 Å². The number of aliphatic hydroxyl groups is 1. The summed E-state index contributed by atoms with van der Waals surface area (Å²) in [6.45, 7) is 10.0. The Morgan fingerprint density at radius 3 is 2.43 bits per heavy atom. The number of aliphatic hydroxyl groups excluding tert-OH is 1. The third-order valence-electron chi connectivity index (χ3n) is 4.45. The van der Waals surface area contributed by atoms with Crippen molar-refractivity contribution in [2.45, 2.75) is 58.3 Å². The lowest BCUT2D eigenvalue weighted by Crippen LogP contribution is -2.35. The van der Waals surface area contributed by atoms with Gasteiger partial charge in [0.2, 0.25) is 0 Å². The average molecular weight is 320 g/mol. The zero-order chi connectivity index (χ0) is 16.7. The molecule has 0 saturated carbocycles. The van der Waals surface area contributed by atoms with Gasteiger partial charge in [-0.1, -0.05) is 12.1 Å². The van der Waals surface area contributed by atoms with Crippen LogP contribution in [0.2, 0.25) is 0 Å². The largest absolute Gasteiger partial charge is 0.393 e. The zero-order valence-electron chi connectivity index (χ0n) is 14.8. The van der Waals surface area contributed by atoms with E-state index in [-0.39, 0.29) is 6.10 Å². The third kappa shape index (κ3) is 6.13. The van der Waals surface area contributed by atoms with Crippen LogP contribution in [0.5, 0.6) is 0 Å². The Labute approximate surface area is 140 Å². The number of hydrogen-bond donors (Lipinski definition) is 2. The van der Waals surface area contributed by atoms with Crippen LogP contribution in [-0.4, -0.2) is 43.6 Å². The highest BCUT2D eigenvalue weighted by Crippen LogP contribution is 2.22. The standard InChI is InChI=1S/C19H32N2O2/c1-15(2)23-14-4-11-20-16(3)17-5-7-18(8-6-17)21-12-9-19(22)10-13-21/h5-8,15-16,19-20,22H,4,9-14H2,1-3H3. The molecular weight excluding hydrogens is 288 g/mol. The summed E-state index contributed by atoms with van der Waals surface area (Å²) in [4.78, 5) is 2.36. The monoisotopic (exact) mass is 320 g/mol. The van der Waals surface area contributed by atoms with E-state index in [0.717, 1.165) is 45.5 Å². The van der Waals surface area contributed by atoms with Gasteiger partial charge in [0.05, 0.1) is 12.2 Å². The summed E-state index contributed by atoms with van der Waals surface area (Å²) in [7, 11) is 0. The molecule has 1 aromatic rings. The Hall–Kier alpha value is -1.10. The minimum atomic E-state index is -0.116. The molecule has 2 N–H and O–H groups in total. The van der Waals surface area contributed by atoms with Crippen molar-refractivity contribution >= 4 is 5.69 Å². The molecule has 1 aromatic carbocycles. The lowest BCUT2D eigenvalue weighted by molar-refractivity contribution is 0.0768. The highest BCUT2D eigenvalue weighted by Gasteiger charge is 2.17. The second-order valence-electron chi connectivity index (χ2n) is 6.76. The summed E-state index contributed by atoms with van der Waals surface area (Å²) in [5, 5.41) is 13.1. The van der Waals surface area contributed by atoms with E-state index in [4.69, 9.17) is 4.74 Å². The van der Waals surface area contributed by atoms with Crippen LogP contribution in [0.4, 0.5) is 5.69 Å². The topological polar surface area (TPSA) is 44.7 Å². The molecule has 130 valence electrons. The predicted molar refractivity (Wildman–Crippen MR) is 96.0 cm³/mol. The van der Waals surface area contributed by atoms with Crippen molar-refractivity contribution in [1.29, 1.82) is 0 Å². The van der Waals surface area contributed by atoms with Gasteiger partial charge in [-0.15, -0.1) is 0 Å². The minimum absolute atomic E-state index is 0.116. The molecule has 4 nitrogen and oxygen atoms in total. The minimum Gasteiger partial charge on any atom is -0.393 e. The van der Waals surface area contributed by atoms with Crippen molar-refractivity contribution < 1.29 is 9.84 Å². The summed E-state index contributed by atoms with van der Waals surface area (Å²) in [5.74, 6) is 0. The first-order valence-corrected chi connectivity index (χ1v) is 8.94. The molecule has 1 aliphatic rings. The maximum absolute atomic E-state index is 9.60. The molecule has 1 heterocycles. The first-order chi connectivity index (χ1) is 11.1. The molecule has 2 rings (SSSR count). The van der Waals surface area contributed by atoms with Crippen LogP contribution in [0.3, 0.4) is 0 Å². The van der Waals surface area contributed by atoms with Gasteiger partial charge in [-0.05, 0) is 64.3 Å². The van der Waals surface area contributed by atoms with Gasteiger partial charge in [-0.3, -0.25) is 0 Å². The second kappa shape index (κ2) is 9.26. The first-order valence-electron chi connectivity index (χ1n) is 8.94. The quantitative estimate of drug-likeness (QED) is 0.723. The fourth-order valence-electron chi connectivity index (χ4n) is 2.93. The van der Waals surface area contributed by atoms with Crippen LogP contribution in [0, 0.1) is 0 Å². The lowest BCUT2D eigenvalue weighted by atomic mass is 10.0. The van der Waals surface area contributed by atoms with Gasteiger partial charge >= 0.3 is 0 Å². The molecule has 1 atom stereocenters. The number of ether oxygens (including phenoxy) is 1. The first kappa shape index (κ1) is 18.2. The Morgan fingerprint density at radius 1 is 1.17 bits per heavy atom. The average Bonchev–Trinajstić information content (AvgIpc) is 2.55. The van der Waals surface area contributed by atoms with Gasteiger partial charge < -0.3 is 20.1 Å². The summed E-state index contributed by atoms with van der Waals surface area (Å²) >= 11 is 0. The van der Waals surface area contributed by atoms with Crippen molar-refractivity contribution in [2.75, 3.05) is 31.1 Å². The number of hydrogen-bond acceptors (Lipinski definition) is 4. The summed E-state index contributed by atoms with van der Waals surface area (Å²) in [6.07, 6.45) is 2.98. The molecule has 1 unspecified atom stereocenters. The molecule has 1 saturated heterocycles. The summed E-state index contributed by atoms with van der Waals surface area (Å²) in [6, 6.07) is 9.18. The molecule has 0 amide bonds. The molecule has 1 aliphatic heterocycles. The number of anilines is 1. The normalized spacial score (nSPS) is 17.7. The van der Waals surface area contributed by atoms with Gasteiger partial charge in [0.15, 0.2) is 0 Å². The number of rotatable bonds is 8. The third-order valence-corrected chi connectivity index (χ3v) is 4.45. The van der Waals surface area contributed by atoms with Gasteiger partial charge in [0.25, 0.3) is 0 Å². The van der Waals surface area contributed by atoms with Gasteiger partial charge in [-0.25, -0.2) is 0 Å². The highest BCUT2D eigenvalue weighted by atomic mass is 16.5. The van der Waals surface area contributed by atoms with E-state index in [1.54, 1.807) is 0 Å². The molecule has 0 bridgehead atoms.